The summed E-state index contributed by atoms with van der Waals surface area (Å²) in [5, 5.41) is 4.88. The summed E-state index contributed by atoms with van der Waals surface area (Å²) >= 11 is 0. The van der Waals surface area contributed by atoms with Crippen molar-refractivity contribution in [3.05, 3.63) is 57.3 Å². The standard InChI is InChI=1S/C19H19F3N4O/c1-10-15-17(23-16(24-18(15)27)13-4-3-5-13)26(25-10)11(2)12-6-8-14(9-7-12)19(20,21)22/h6-9,11,13H,3-5H2,1-2H3,(H,23,24,27). The topological polar surface area (TPSA) is 63.6 Å². The summed E-state index contributed by atoms with van der Waals surface area (Å²) in [7, 11) is 0. The van der Waals surface area contributed by atoms with Crippen molar-refractivity contribution in [1.29, 1.82) is 0 Å². The highest BCUT2D eigenvalue weighted by atomic mass is 19.4. The van der Waals surface area contributed by atoms with Crippen molar-refractivity contribution in [2.75, 3.05) is 0 Å². The van der Waals surface area contributed by atoms with Crippen LogP contribution in [0.3, 0.4) is 0 Å². The van der Waals surface area contributed by atoms with E-state index in [1.165, 1.54) is 12.1 Å². The van der Waals surface area contributed by atoms with E-state index >= 15 is 0 Å². The molecule has 1 aromatic carbocycles. The number of aryl methyl sites for hydroxylation is 1. The lowest BCUT2D eigenvalue weighted by atomic mass is 9.85. The van der Waals surface area contributed by atoms with E-state index in [9.17, 15) is 18.0 Å². The second-order valence-electron chi connectivity index (χ2n) is 7.10. The fourth-order valence-electron chi connectivity index (χ4n) is 3.47. The Kier molecular flexibility index (Phi) is 4.09. The van der Waals surface area contributed by atoms with Gasteiger partial charge in [0.05, 0.1) is 17.3 Å². The van der Waals surface area contributed by atoms with Crippen molar-refractivity contribution in [1.82, 2.24) is 19.7 Å². The van der Waals surface area contributed by atoms with Crippen molar-refractivity contribution >= 4 is 11.0 Å². The Labute approximate surface area is 153 Å². The van der Waals surface area contributed by atoms with Gasteiger partial charge in [-0.3, -0.25) is 4.79 Å². The summed E-state index contributed by atoms with van der Waals surface area (Å²) < 4.78 is 40.0. The van der Waals surface area contributed by atoms with Crippen LogP contribution in [0.25, 0.3) is 11.0 Å². The molecular weight excluding hydrogens is 357 g/mol. The molecule has 1 aliphatic carbocycles. The zero-order valence-corrected chi connectivity index (χ0v) is 15.0. The van der Waals surface area contributed by atoms with Gasteiger partial charge in [-0.2, -0.15) is 18.3 Å². The number of H-pyrrole nitrogens is 1. The van der Waals surface area contributed by atoms with Crippen LogP contribution in [0.5, 0.6) is 0 Å². The number of halogens is 3. The summed E-state index contributed by atoms with van der Waals surface area (Å²) in [6.45, 7) is 3.57. The molecule has 1 fully saturated rings. The van der Waals surface area contributed by atoms with Gasteiger partial charge in [0.25, 0.3) is 5.56 Å². The third-order valence-electron chi connectivity index (χ3n) is 5.33. The highest BCUT2D eigenvalue weighted by molar-refractivity contribution is 5.77. The molecule has 1 saturated carbocycles. The molecule has 0 aliphatic heterocycles. The lowest BCUT2D eigenvalue weighted by Gasteiger charge is -2.24. The average molecular weight is 376 g/mol. The Hall–Kier alpha value is -2.64. The van der Waals surface area contributed by atoms with Crippen molar-refractivity contribution in [3.8, 4) is 0 Å². The Morgan fingerprint density at radius 3 is 2.44 bits per heavy atom. The van der Waals surface area contributed by atoms with Crippen molar-refractivity contribution in [2.45, 2.75) is 51.2 Å². The maximum Gasteiger partial charge on any atom is 0.416 e. The van der Waals surface area contributed by atoms with Crippen LogP contribution < -0.4 is 5.56 Å². The number of alkyl halides is 3. The number of nitrogens with zero attached hydrogens (tertiary/aromatic N) is 3. The first-order valence-electron chi connectivity index (χ1n) is 8.92. The summed E-state index contributed by atoms with van der Waals surface area (Å²) in [4.78, 5) is 20.0. The number of rotatable bonds is 3. The zero-order valence-electron chi connectivity index (χ0n) is 15.0. The van der Waals surface area contributed by atoms with Gasteiger partial charge in [0, 0.05) is 5.92 Å². The Morgan fingerprint density at radius 2 is 1.89 bits per heavy atom. The fourth-order valence-corrected chi connectivity index (χ4v) is 3.47. The van der Waals surface area contributed by atoms with E-state index in [4.69, 9.17) is 0 Å². The first kappa shape index (κ1) is 17.8. The summed E-state index contributed by atoms with van der Waals surface area (Å²) in [5.41, 5.74) is 0.787. The van der Waals surface area contributed by atoms with Gasteiger partial charge < -0.3 is 4.98 Å². The monoisotopic (exact) mass is 376 g/mol. The number of nitrogens with one attached hydrogen (secondary N) is 1. The molecule has 5 nitrogen and oxygen atoms in total. The van der Waals surface area contributed by atoms with E-state index in [0.29, 0.717) is 28.1 Å². The van der Waals surface area contributed by atoms with Gasteiger partial charge >= 0.3 is 6.18 Å². The summed E-state index contributed by atoms with van der Waals surface area (Å²) in [6.07, 6.45) is -1.26. The molecule has 142 valence electrons. The van der Waals surface area contributed by atoms with Gasteiger partial charge in [-0.1, -0.05) is 18.6 Å². The molecule has 1 unspecified atom stereocenters. The van der Waals surface area contributed by atoms with Gasteiger partial charge in [0.2, 0.25) is 0 Å². The van der Waals surface area contributed by atoms with E-state index in [1.54, 1.807) is 11.6 Å². The normalized spacial score (nSPS) is 16.5. The second-order valence-corrected chi connectivity index (χ2v) is 7.10. The van der Waals surface area contributed by atoms with Crippen LogP contribution in [0.2, 0.25) is 0 Å². The highest BCUT2D eigenvalue weighted by Gasteiger charge is 2.30. The van der Waals surface area contributed by atoms with Crippen LogP contribution in [0.1, 0.15) is 60.8 Å². The first-order chi connectivity index (χ1) is 12.8. The largest absolute Gasteiger partial charge is 0.416 e. The Balaban J connectivity index is 1.78. The molecule has 0 saturated heterocycles. The minimum atomic E-state index is -4.37. The molecule has 3 aromatic rings. The van der Waals surface area contributed by atoms with Crippen molar-refractivity contribution in [3.63, 3.8) is 0 Å². The molecule has 2 aromatic heterocycles. The number of hydrogen-bond donors (Lipinski definition) is 1. The maximum absolute atomic E-state index is 12.8. The molecule has 1 N–H and O–H groups in total. The van der Waals surface area contributed by atoms with Crippen molar-refractivity contribution < 1.29 is 13.2 Å². The van der Waals surface area contributed by atoms with Crippen LogP contribution in [0, 0.1) is 6.92 Å². The molecule has 2 heterocycles. The SMILES string of the molecule is Cc1nn(C(C)c2ccc(C(F)(F)F)cc2)c2nc(C3CCC3)[nH]c(=O)c12. The average Bonchev–Trinajstić information content (AvgIpc) is 2.89. The fraction of sp³-hybridized carbons (Fsp3) is 0.421. The van der Waals surface area contributed by atoms with Crippen molar-refractivity contribution in [2.24, 2.45) is 0 Å². The number of fused-ring (bicyclic) bond motifs is 1. The predicted molar refractivity (Wildman–Crippen MR) is 94.7 cm³/mol. The molecule has 1 aliphatic rings. The molecule has 1 atom stereocenters. The van der Waals surface area contributed by atoms with E-state index in [0.717, 1.165) is 31.4 Å². The molecule has 0 bridgehead atoms. The van der Waals surface area contributed by atoms with E-state index in [-0.39, 0.29) is 17.5 Å². The van der Waals surface area contributed by atoms with E-state index < -0.39 is 11.7 Å². The molecule has 0 radical (unpaired) electrons. The lowest BCUT2D eigenvalue weighted by Crippen LogP contribution is -2.20. The third-order valence-corrected chi connectivity index (χ3v) is 5.33. The van der Waals surface area contributed by atoms with Crippen LogP contribution >= 0.6 is 0 Å². The first-order valence-corrected chi connectivity index (χ1v) is 8.92. The smallest absolute Gasteiger partial charge is 0.310 e. The summed E-state index contributed by atoms with van der Waals surface area (Å²) in [6, 6.07) is 4.65. The molecule has 27 heavy (non-hydrogen) atoms. The molecule has 8 heteroatoms. The minimum Gasteiger partial charge on any atom is -0.310 e. The second kappa shape index (κ2) is 6.21. The Morgan fingerprint density at radius 1 is 1.22 bits per heavy atom. The maximum atomic E-state index is 12.8. The minimum absolute atomic E-state index is 0.217. The van der Waals surface area contributed by atoms with Crippen LogP contribution in [-0.4, -0.2) is 19.7 Å². The quantitative estimate of drug-likeness (QED) is 0.740. The molecule has 0 spiro atoms. The van der Waals surface area contributed by atoms with Gasteiger partial charge in [-0.05, 0) is 44.4 Å². The number of aromatic amines is 1. The predicted octanol–water partition coefficient (Wildman–Crippen LogP) is 4.32. The molecule has 4 rings (SSSR count). The van der Waals surface area contributed by atoms with Crippen LogP contribution in [0.15, 0.2) is 29.1 Å². The molecular formula is C19H19F3N4O. The van der Waals surface area contributed by atoms with Crippen LogP contribution in [-0.2, 0) is 6.18 Å². The van der Waals surface area contributed by atoms with Gasteiger partial charge in [-0.25, -0.2) is 9.67 Å². The van der Waals surface area contributed by atoms with Gasteiger partial charge in [0.15, 0.2) is 5.65 Å². The number of aromatic nitrogens is 4. The van der Waals surface area contributed by atoms with Crippen LogP contribution in [0.4, 0.5) is 13.2 Å². The summed E-state index contributed by atoms with van der Waals surface area (Å²) in [5.74, 6) is 0.923. The highest BCUT2D eigenvalue weighted by Crippen LogP contribution is 2.35. The molecule has 0 amide bonds. The Bertz CT molecular complexity index is 1050. The number of benzene rings is 1. The van der Waals surface area contributed by atoms with Gasteiger partial charge in [-0.15, -0.1) is 0 Å². The number of hydrogen-bond acceptors (Lipinski definition) is 3. The lowest BCUT2D eigenvalue weighted by molar-refractivity contribution is -0.137. The zero-order chi connectivity index (χ0) is 19.3. The third kappa shape index (κ3) is 3.02. The van der Waals surface area contributed by atoms with Gasteiger partial charge in [0.1, 0.15) is 11.2 Å². The van der Waals surface area contributed by atoms with E-state index in [1.807, 2.05) is 6.92 Å². The van der Waals surface area contributed by atoms with E-state index in [2.05, 4.69) is 15.1 Å².